The molecule has 0 aromatic carbocycles. The predicted octanol–water partition coefficient (Wildman–Crippen LogP) is 1.59. The van der Waals surface area contributed by atoms with Gasteiger partial charge in [0.15, 0.2) is 0 Å². The molecule has 2 aliphatic rings. The summed E-state index contributed by atoms with van der Waals surface area (Å²) in [5, 5.41) is 3.08. The molecule has 0 spiro atoms. The molecule has 2 saturated heterocycles. The number of piperazine rings is 1. The molecule has 7 heteroatoms. The summed E-state index contributed by atoms with van der Waals surface area (Å²) >= 11 is 0. The molecule has 1 unspecified atom stereocenters. The molecule has 3 amide bonds. The van der Waals surface area contributed by atoms with E-state index < -0.39 is 0 Å². The molecule has 0 saturated carbocycles. The Balaban J connectivity index is 1.69. The van der Waals surface area contributed by atoms with Crippen LogP contribution in [0, 0.1) is 5.92 Å². The lowest BCUT2D eigenvalue weighted by molar-refractivity contribution is 0.0845. The number of likely N-dealkylation sites (tertiary alicyclic amines) is 1. The number of rotatable bonds is 4. The highest BCUT2D eigenvalue weighted by Crippen LogP contribution is 2.17. The standard InChI is InChI=1S/C17H32N4O3/c1-4-24-17(23)20-10-8-19(9-11-20)16(22)18-12-15-6-5-7-21(13-15)14(2)3/h14-15H,4-13H2,1-3H3,(H,18,22). The second-order valence-corrected chi connectivity index (χ2v) is 6.96. The van der Waals surface area contributed by atoms with Crippen molar-refractivity contribution in [1.82, 2.24) is 20.0 Å². The van der Waals surface area contributed by atoms with E-state index >= 15 is 0 Å². The van der Waals surface area contributed by atoms with Crippen molar-refractivity contribution in [2.24, 2.45) is 5.92 Å². The Morgan fingerprint density at radius 2 is 1.79 bits per heavy atom. The number of ether oxygens (including phenoxy) is 1. The molecule has 138 valence electrons. The minimum atomic E-state index is -0.284. The minimum Gasteiger partial charge on any atom is -0.450 e. The van der Waals surface area contributed by atoms with E-state index in [4.69, 9.17) is 4.74 Å². The maximum atomic E-state index is 12.3. The van der Waals surface area contributed by atoms with Gasteiger partial charge in [-0.1, -0.05) is 0 Å². The van der Waals surface area contributed by atoms with E-state index in [2.05, 4.69) is 24.1 Å². The number of hydrogen-bond acceptors (Lipinski definition) is 4. The number of urea groups is 1. The quantitative estimate of drug-likeness (QED) is 0.844. The minimum absolute atomic E-state index is 0.0137. The zero-order valence-corrected chi connectivity index (χ0v) is 15.3. The largest absolute Gasteiger partial charge is 0.450 e. The van der Waals surface area contributed by atoms with Crippen molar-refractivity contribution in [2.45, 2.75) is 39.7 Å². The molecule has 0 radical (unpaired) electrons. The molecular formula is C17H32N4O3. The van der Waals surface area contributed by atoms with Gasteiger partial charge in [-0.05, 0) is 46.1 Å². The third kappa shape index (κ3) is 5.26. The molecule has 24 heavy (non-hydrogen) atoms. The molecule has 1 N–H and O–H groups in total. The monoisotopic (exact) mass is 340 g/mol. The van der Waals surface area contributed by atoms with Gasteiger partial charge in [-0.3, -0.25) is 0 Å². The third-order valence-corrected chi connectivity index (χ3v) is 4.92. The van der Waals surface area contributed by atoms with Gasteiger partial charge in [0.25, 0.3) is 0 Å². The van der Waals surface area contributed by atoms with Gasteiger partial charge in [0.05, 0.1) is 6.61 Å². The summed E-state index contributed by atoms with van der Waals surface area (Å²) in [6, 6.07) is 0.555. The van der Waals surface area contributed by atoms with Crippen LogP contribution < -0.4 is 5.32 Å². The fourth-order valence-electron chi connectivity index (χ4n) is 3.38. The van der Waals surface area contributed by atoms with Gasteiger partial charge in [0, 0.05) is 45.3 Å². The molecule has 2 rings (SSSR count). The first-order chi connectivity index (χ1) is 11.5. The van der Waals surface area contributed by atoms with Gasteiger partial charge < -0.3 is 24.8 Å². The van der Waals surface area contributed by atoms with Crippen LogP contribution in [0.5, 0.6) is 0 Å². The lowest BCUT2D eigenvalue weighted by Crippen LogP contribution is -2.54. The van der Waals surface area contributed by atoms with E-state index in [0.29, 0.717) is 44.7 Å². The van der Waals surface area contributed by atoms with Crippen LogP contribution in [0.1, 0.15) is 33.6 Å². The number of carbonyl (C=O) groups excluding carboxylic acids is 2. The van der Waals surface area contributed by atoms with Crippen LogP contribution in [-0.2, 0) is 4.74 Å². The Bertz CT molecular complexity index is 422. The number of carbonyl (C=O) groups is 2. The fourth-order valence-corrected chi connectivity index (χ4v) is 3.38. The van der Waals surface area contributed by atoms with Crippen LogP contribution in [0.4, 0.5) is 9.59 Å². The SMILES string of the molecule is CCOC(=O)N1CCN(C(=O)NCC2CCCN(C(C)C)C2)CC1. The van der Waals surface area contributed by atoms with E-state index in [1.165, 1.54) is 12.8 Å². The summed E-state index contributed by atoms with van der Waals surface area (Å²) in [6.45, 7) is 11.8. The van der Waals surface area contributed by atoms with E-state index in [1.807, 2.05) is 0 Å². The Kier molecular flexibility index (Phi) is 7.15. The molecule has 2 heterocycles. The van der Waals surface area contributed by atoms with E-state index in [1.54, 1.807) is 16.7 Å². The van der Waals surface area contributed by atoms with Gasteiger partial charge >= 0.3 is 12.1 Å². The number of nitrogens with one attached hydrogen (secondary N) is 1. The summed E-state index contributed by atoms with van der Waals surface area (Å²) in [5.41, 5.74) is 0. The van der Waals surface area contributed by atoms with Crippen LogP contribution in [0.3, 0.4) is 0 Å². The normalized spacial score (nSPS) is 22.6. The summed E-state index contributed by atoms with van der Waals surface area (Å²) in [7, 11) is 0. The number of nitrogens with zero attached hydrogens (tertiary/aromatic N) is 3. The summed E-state index contributed by atoms with van der Waals surface area (Å²) < 4.78 is 5.00. The van der Waals surface area contributed by atoms with Crippen molar-refractivity contribution in [3.05, 3.63) is 0 Å². The van der Waals surface area contributed by atoms with E-state index in [-0.39, 0.29) is 12.1 Å². The molecule has 0 bridgehead atoms. The average Bonchev–Trinajstić information content (AvgIpc) is 2.60. The molecule has 1 atom stereocenters. The maximum Gasteiger partial charge on any atom is 0.409 e. The highest BCUT2D eigenvalue weighted by atomic mass is 16.6. The van der Waals surface area contributed by atoms with Crippen LogP contribution in [0.25, 0.3) is 0 Å². The van der Waals surface area contributed by atoms with Crippen molar-refractivity contribution in [3.63, 3.8) is 0 Å². The molecule has 2 fully saturated rings. The Morgan fingerprint density at radius 1 is 1.12 bits per heavy atom. The Hall–Kier alpha value is -1.50. The fraction of sp³-hybridized carbons (Fsp3) is 0.882. The molecular weight excluding hydrogens is 308 g/mol. The zero-order chi connectivity index (χ0) is 17.5. The Labute approximate surface area is 145 Å². The molecule has 2 aliphatic heterocycles. The van der Waals surface area contributed by atoms with Gasteiger partial charge in [-0.25, -0.2) is 9.59 Å². The number of piperidine rings is 1. The first-order valence-corrected chi connectivity index (χ1v) is 9.19. The molecule has 0 aliphatic carbocycles. The van der Waals surface area contributed by atoms with Gasteiger partial charge in [0.2, 0.25) is 0 Å². The molecule has 0 aromatic heterocycles. The summed E-state index contributed by atoms with van der Waals surface area (Å²) in [6.07, 6.45) is 2.10. The first kappa shape index (κ1) is 18.8. The van der Waals surface area contributed by atoms with E-state index in [9.17, 15) is 9.59 Å². The van der Waals surface area contributed by atoms with Gasteiger partial charge in [0.1, 0.15) is 0 Å². The summed E-state index contributed by atoms with van der Waals surface area (Å²) in [5.74, 6) is 0.533. The average molecular weight is 340 g/mol. The summed E-state index contributed by atoms with van der Waals surface area (Å²) in [4.78, 5) is 29.9. The van der Waals surface area contributed by atoms with Crippen molar-refractivity contribution in [2.75, 3.05) is 52.4 Å². The van der Waals surface area contributed by atoms with Crippen molar-refractivity contribution >= 4 is 12.1 Å². The Morgan fingerprint density at radius 3 is 2.42 bits per heavy atom. The smallest absolute Gasteiger partial charge is 0.409 e. The van der Waals surface area contributed by atoms with Crippen molar-refractivity contribution < 1.29 is 14.3 Å². The van der Waals surface area contributed by atoms with Crippen molar-refractivity contribution in [3.8, 4) is 0 Å². The zero-order valence-electron chi connectivity index (χ0n) is 15.3. The van der Waals surface area contributed by atoms with Crippen molar-refractivity contribution in [1.29, 1.82) is 0 Å². The predicted molar refractivity (Wildman–Crippen MR) is 93.0 cm³/mol. The molecule has 7 nitrogen and oxygen atoms in total. The topological polar surface area (TPSA) is 65.1 Å². The lowest BCUT2D eigenvalue weighted by Gasteiger charge is -2.37. The van der Waals surface area contributed by atoms with Crippen LogP contribution in [-0.4, -0.2) is 85.3 Å². The second-order valence-electron chi connectivity index (χ2n) is 6.96. The second kappa shape index (κ2) is 9.11. The number of amides is 3. The highest BCUT2D eigenvalue weighted by Gasteiger charge is 2.26. The van der Waals surface area contributed by atoms with Crippen LogP contribution in [0.2, 0.25) is 0 Å². The lowest BCUT2D eigenvalue weighted by atomic mass is 9.97. The molecule has 0 aromatic rings. The van der Waals surface area contributed by atoms with Crippen LogP contribution in [0.15, 0.2) is 0 Å². The first-order valence-electron chi connectivity index (χ1n) is 9.19. The van der Waals surface area contributed by atoms with Gasteiger partial charge in [-0.2, -0.15) is 0 Å². The van der Waals surface area contributed by atoms with Gasteiger partial charge in [-0.15, -0.1) is 0 Å². The van der Waals surface area contributed by atoms with Crippen LogP contribution >= 0.6 is 0 Å². The number of hydrogen-bond donors (Lipinski definition) is 1. The van der Waals surface area contributed by atoms with E-state index in [0.717, 1.165) is 19.6 Å². The maximum absolute atomic E-state index is 12.3. The highest BCUT2D eigenvalue weighted by molar-refractivity contribution is 5.75. The third-order valence-electron chi connectivity index (χ3n) is 4.92.